The third-order valence-corrected chi connectivity index (χ3v) is 4.49. The molecule has 6 nitrogen and oxygen atoms in total. The lowest BCUT2D eigenvalue weighted by Crippen LogP contribution is -2.33. The van der Waals surface area contributed by atoms with Crippen LogP contribution in [0.15, 0.2) is 15.7 Å². The number of aromatic nitrogens is 3. The zero-order valence-corrected chi connectivity index (χ0v) is 15.2. The summed E-state index contributed by atoms with van der Waals surface area (Å²) >= 11 is 1.38. The van der Waals surface area contributed by atoms with Crippen LogP contribution < -0.4 is 0 Å². The van der Waals surface area contributed by atoms with Crippen molar-refractivity contribution in [2.75, 3.05) is 7.05 Å². The third-order valence-electron chi connectivity index (χ3n) is 3.54. The Kier molecular flexibility index (Phi) is 5.41. The number of aryl methyl sites for hydroxylation is 4. The fourth-order valence-corrected chi connectivity index (χ4v) is 3.30. The van der Waals surface area contributed by atoms with Crippen molar-refractivity contribution in [3.8, 4) is 0 Å². The molecule has 1 atom stereocenters. The van der Waals surface area contributed by atoms with E-state index in [2.05, 4.69) is 15.1 Å². The van der Waals surface area contributed by atoms with E-state index in [0.29, 0.717) is 11.7 Å². The monoisotopic (exact) mass is 334 g/mol. The van der Waals surface area contributed by atoms with Gasteiger partial charge in [0.05, 0.1) is 17.5 Å². The van der Waals surface area contributed by atoms with Gasteiger partial charge in [0, 0.05) is 24.0 Å². The molecule has 0 N–H and O–H groups in total. The highest BCUT2D eigenvalue weighted by Gasteiger charge is 2.22. The van der Waals surface area contributed by atoms with Gasteiger partial charge in [-0.15, -0.1) is 0 Å². The van der Waals surface area contributed by atoms with Crippen molar-refractivity contribution in [2.24, 2.45) is 0 Å². The second-order valence-electron chi connectivity index (χ2n) is 5.69. The minimum absolute atomic E-state index is 0.0257. The molecule has 0 aliphatic carbocycles. The molecule has 1 amide bonds. The van der Waals surface area contributed by atoms with Gasteiger partial charge in [0.2, 0.25) is 5.91 Å². The molecule has 23 heavy (non-hydrogen) atoms. The largest absolute Gasteiger partial charge is 0.361 e. The quantitative estimate of drug-likeness (QED) is 0.618. The number of rotatable bonds is 5. The molecule has 0 spiro atoms. The molecule has 0 saturated heterocycles. The van der Waals surface area contributed by atoms with Crippen LogP contribution in [0.2, 0.25) is 0 Å². The molecule has 0 saturated carbocycles. The van der Waals surface area contributed by atoms with Gasteiger partial charge in [0.15, 0.2) is 5.16 Å². The van der Waals surface area contributed by atoms with E-state index in [0.717, 1.165) is 28.4 Å². The summed E-state index contributed by atoms with van der Waals surface area (Å²) in [6.07, 6.45) is 0. The van der Waals surface area contributed by atoms with Gasteiger partial charge in [0.25, 0.3) is 0 Å². The van der Waals surface area contributed by atoms with E-state index in [1.807, 2.05) is 40.7 Å². The third kappa shape index (κ3) is 4.31. The van der Waals surface area contributed by atoms with Gasteiger partial charge in [-0.2, -0.15) is 0 Å². The predicted octanol–water partition coefficient (Wildman–Crippen LogP) is 2.84. The molecule has 0 aromatic carbocycles. The van der Waals surface area contributed by atoms with Crippen LogP contribution in [0.1, 0.15) is 35.3 Å². The Labute approximate surface area is 140 Å². The van der Waals surface area contributed by atoms with Crippen molar-refractivity contribution in [1.29, 1.82) is 0 Å². The molecule has 2 aromatic heterocycles. The van der Waals surface area contributed by atoms with E-state index >= 15 is 0 Å². The molecule has 2 heterocycles. The fraction of sp³-hybridized carbons (Fsp3) is 0.500. The van der Waals surface area contributed by atoms with Crippen LogP contribution in [0.3, 0.4) is 0 Å². The van der Waals surface area contributed by atoms with Crippen LogP contribution >= 0.6 is 11.8 Å². The van der Waals surface area contributed by atoms with Gasteiger partial charge in [-0.05, 0) is 40.7 Å². The summed E-state index contributed by atoms with van der Waals surface area (Å²) in [4.78, 5) is 23.0. The van der Waals surface area contributed by atoms with Crippen molar-refractivity contribution in [2.45, 2.75) is 51.6 Å². The maximum atomic E-state index is 12.6. The summed E-state index contributed by atoms with van der Waals surface area (Å²) in [5.41, 5.74) is 3.59. The lowest BCUT2D eigenvalue weighted by atomic mass is 10.2. The van der Waals surface area contributed by atoms with E-state index in [4.69, 9.17) is 4.52 Å². The Morgan fingerprint density at radius 3 is 2.39 bits per heavy atom. The van der Waals surface area contributed by atoms with Crippen LogP contribution in [0.4, 0.5) is 0 Å². The van der Waals surface area contributed by atoms with Crippen molar-refractivity contribution in [3.05, 3.63) is 34.5 Å². The number of nitrogens with zero attached hydrogens (tertiary/aromatic N) is 4. The van der Waals surface area contributed by atoms with E-state index < -0.39 is 0 Å². The molecule has 0 unspecified atom stereocenters. The molecule has 2 aromatic rings. The molecule has 7 heteroatoms. The smallest absolute Gasteiger partial charge is 0.235 e. The first-order valence-electron chi connectivity index (χ1n) is 7.43. The van der Waals surface area contributed by atoms with Crippen LogP contribution in [0, 0.1) is 27.7 Å². The standard InChI is InChI=1S/C16H22N4O2S/c1-9-7-10(2)18-16(17-9)23-13(5)15(21)20(6)8-14-11(3)19-22-12(14)4/h7,13H,8H2,1-6H3/t13-/m0/s1. The maximum Gasteiger partial charge on any atom is 0.235 e. The number of thioether (sulfide) groups is 1. The Bertz CT molecular complexity index is 674. The van der Waals surface area contributed by atoms with Gasteiger partial charge in [-0.1, -0.05) is 16.9 Å². The normalized spacial score (nSPS) is 12.3. The molecule has 0 aliphatic rings. The molecule has 124 valence electrons. The molecule has 0 radical (unpaired) electrons. The minimum atomic E-state index is -0.262. The number of hydrogen-bond donors (Lipinski definition) is 0. The summed E-state index contributed by atoms with van der Waals surface area (Å²) < 4.78 is 5.15. The van der Waals surface area contributed by atoms with Gasteiger partial charge in [-0.25, -0.2) is 9.97 Å². The van der Waals surface area contributed by atoms with E-state index in [-0.39, 0.29) is 11.2 Å². The maximum absolute atomic E-state index is 12.6. The Morgan fingerprint density at radius 2 is 1.87 bits per heavy atom. The average molecular weight is 334 g/mol. The lowest BCUT2D eigenvalue weighted by molar-refractivity contribution is -0.129. The second-order valence-corrected chi connectivity index (χ2v) is 7.00. The van der Waals surface area contributed by atoms with Crippen LogP contribution in [-0.4, -0.2) is 38.2 Å². The van der Waals surface area contributed by atoms with Crippen molar-refractivity contribution >= 4 is 17.7 Å². The Hall–Kier alpha value is -1.89. The highest BCUT2D eigenvalue weighted by atomic mass is 32.2. The molecule has 0 bridgehead atoms. The first kappa shape index (κ1) is 17.5. The summed E-state index contributed by atoms with van der Waals surface area (Å²) in [6.45, 7) is 9.95. The zero-order valence-electron chi connectivity index (χ0n) is 14.4. The molecular weight excluding hydrogens is 312 g/mol. The zero-order chi connectivity index (χ0) is 17.1. The van der Waals surface area contributed by atoms with E-state index in [1.54, 1.807) is 11.9 Å². The Balaban J connectivity index is 2.04. The van der Waals surface area contributed by atoms with Crippen LogP contribution in [-0.2, 0) is 11.3 Å². The highest BCUT2D eigenvalue weighted by Crippen LogP contribution is 2.23. The van der Waals surface area contributed by atoms with Crippen molar-refractivity contribution in [1.82, 2.24) is 20.0 Å². The first-order valence-corrected chi connectivity index (χ1v) is 8.31. The first-order chi connectivity index (χ1) is 10.8. The second kappa shape index (κ2) is 7.12. The highest BCUT2D eigenvalue weighted by molar-refractivity contribution is 8.00. The minimum Gasteiger partial charge on any atom is -0.361 e. The molecule has 0 aliphatic heterocycles. The van der Waals surface area contributed by atoms with Crippen LogP contribution in [0.5, 0.6) is 0 Å². The summed E-state index contributed by atoms with van der Waals surface area (Å²) in [5.74, 6) is 0.776. The van der Waals surface area contributed by atoms with Crippen molar-refractivity contribution < 1.29 is 9.32 Å². The molecular formula is C16H22N4O2S. The summed E-state index contributed by atoms with van der Waals surface area (Å²) in [6, 6.07) is 1.92. The van der Waals surface area contributed by atoms with Gasteiger partial charge in [0.1, 0.15) is 5.76 Å². The van der Waals surface area contributed by atoms with Crippen LogP contribution in [0.25, 0.3) is 0 Å². The SMILES string of the molecule is Cc1cc(C)nc(S[C@@H](C)C(=O)N(C)Cc2c(C)noc2C)n1. The van der Waals surface area contributed by atoms with E-state index in [9.17, 15) is 4.79 Å². The molecule has 0 fully saturated rings. The number of hydrogen-bond acceptors (Lipinski definition) is 6. The average Bonchev–Trinajstić information content (AvgIpc) is 2.77. The number of amides is 1. The number of carbonyl (C=O) groups excluding carboxylic acids is 1. The predicted molar refractivity (Wildman–Crippen MR) is 89.3 cm³/mol. The number of carbonyl (C=O) groups is 1. The summed E-state index contributed by atoms with van der Waals surface area (Å²) in [7, 11) is 1.79. The molecule has 2 rings (SSSR count). The lowest BCUT2D eigenvalue weighted by Gasteiger charge is -2.20. The van der Waals surface area contributed by atoms with Gasteiger partial charge in [-0.3, -0.25) is 4.79 Å². The van der Waals surface area contributed by atoms with Gasteiger partial charge >= 0.3 is 0 Å². The van der Waals surface area contributed by atoms with Crippen molar-refractivity contribution in [3.63, 3.8) is 0 Å². The fourth-order valence-electron chi connectivity index (χ4n) is 2.31. The summed E-state index contributed by atoms with van der Waals surface area (Å²) in [5, 5.41) is 4.29. The van der Waals surface area contributed by atoms with Gasteiger partial charge < -0.3 is 9.42 Å². The van der Waals surface area contributed by atoms with E-state index in [1.165, 1.54) is 11.8 Å². The topological polar surface area (TPSA) is 72.1 Å². The Morgan fingerprint density at radius 1 is 1.26 bits per heavy atom.